The van der Waals surface area contributed by atoms with Crippen LogP contribution >= 0.6 is 11.8 Å². The van der Waals surface area contributed by atoms with Gasteiger partial charge in [-0.1, -0.05) is 30.7 Å². The molecule has 1 fully saturated rings. The lowest BCUT2D eigenvalue weighted by Crippen LogP contribution is -2.35. The Kier molecular flexibility index (Phi) is 4.73. The van der Waals surface area contributed by atoms with Gasteiger partial charge in [-0.05, 0) is 37.4 Å². The van der Waals surface area contributed by atoms with Gasteiger partial charge < -0.3 is 5.32 Å². The van der Waals surface area contributed by atoms with Gasteiger partial charge in [0.25, 0.3) is 0 Å². The summed E-state index contributed by atoms with van der Waals surface area (Å²) in [5.41, 5.74) is 2.91. The van der Waals surface area contributed by atoms with Crippen LogP contribution in [0.1, 0.15) is 30.4 Å². The average Bonchev–Trinajstić information content (AvgIpc) is 2.33. The minimum atomic E-state index is 0.753. The van der Waals surface area contributed by atoms with Crippen LogP contribution in [-0.4, -0.2) is 18.3 Å². The molecule has 0 amide bonds. The first-order valence-electron chi connectivity index (χ1n) is 6.22. The molecule has 0 bridgehead atoms. The summed E-state index contributed by atoms with van der Waals surface area (Å²) in [6.07, 6.45) is 4.13. The number of hydrogen-bond donors (Lipinski definition) is 1. The predicted molar refractivity (Wildman–Crippen MR) is 73.0 cm³/mol. The Morgan fingerprint density at radius 1 is 1.31 bits per heavy atom. The number of benzene rings is 1. The van der Waals surface area contributed by atoms with Crippen molar-refractivity contribution in [3.05, 3.63) is 35.4 Å². The maximum absolute atomic E-state index is 3.60. The first kappa shape index (κ1) is 12.0. The van der Waals surface area contributed by atoms with Gasteiger partial charge in [0, 0.05) is 17.5 Å². The third-order valence-electron chi connectivity index (χ3n) is 3.25. The SMILES string of the molecule is Cc1ccccc1CSCC1CCCCN1. The van der Waals surface area contributed by atoms with E-state index < -0.39 is 0 Å². The van der Waals surface area contributed by atoms with Crippen LogP contribution in [0.4, 0.5) is 0 Å². The first-order valence-corrected chi connectivity index (χ1v) is 7.37. The summed E-state index contributed by atoms with van der Waals surface area (Å²) >= 11 is 2.06. The normalized spacial score (nSPS) is 20.9. The quantitative estimate of drug-likeness (QED) is 0.858. The third kappa shape index (κ3) is 3.53. The van der Waals surface area contributed by atoms with Crippen LogP contribution in [0.5, 0.6) is 0 Å². The van der Waals surface area contributed by atoms with Gasteiger partial charge in [0.1, 0.15) is 0 Å². The van der Waals surface area contributed by atoms with Gasteiger partial charge in [0.05, 0.1) is 0 Å². The number of aryl methyl sites for hydroxylation is 1. The van der Waals surface area contributed by atoms with E-state index in [4.69, 9.17) is 0 Å². The molecule has 1 heterocycles. The zero-order valence-electron chi connectivity index (χ0n) is 10.0. The van der Waals surface area contributed by atoms with E-state index >= 15 is 0 Å². The van der Waals surface area contributed by atoms with E-state index in [1.165, 1.54) is 42.7 Å². The van der Waals surface area contributed by atoms with Crippen molar-refractivity contribution in [2.24, 2.45) is 0 Å². The van der Waals surface area contributed by atoms with Crippen LogP contribution < -0.4 is 5.32 Å². The lowest BCUT2D eigenvalue weighted by molar-refractivity contribution is 0.430. The van der Waals surface area contributed by atoms with Gasteiger partial charge in [0.15, 0.2) is 0 Å². The maximum atomic E-state index is 3.60. The highest BCUT2D eigenvalue weighted by Gasteiger charge is 2.11. The van der Waals surface area contributed by atoms with E-state index in [9.17, 15) is 0 Å². The highest BCUT2D eigenvalue weighted by molar-refractivity contribution is 7.98. The first-order chi connectivity index (χ1) is 7.86. The Bertz CT molecular complexity index is 318. The summed E-state index contributed by atoms with van der Waals surface area (Å²) in [5.74, 6) is 2.42. The molecule has 0 aromatic heterocycles. The molecule has 2 rings (SSSR count). The Balaban J connectivity index is 1.73. The second-order valence-electron chi connectivity index (χ2n) is 4.59. The molecule has 88 valence electrons. The number of piperidine rings is 1. The molecule has 1 unspecified atom stereocenters. The lowest BCUT2D eigenvalue weighted by Gasteiger charge is -2.23. The van der Waals surface area contributed by atoms with Crippen molar-refractivity contribution in [2.45, 2.75) is 38.0 Å². The molecular weight excluding hydrogens is 214 g/mol. The van der Waals surface area contributed by atoms with Gasteiger partial charge >= 0.3 is 0 Å². The van der Waals surface area contributed by atoms with Crippen LogP contribution in [0.3, 0.4) is 0 Å². The Labute approximate surface area is 103 Å². The molecule has 1 N–H and O–H groups in total. The van der Waals surface area contributed by atoms with Crippen molar-refractivity contribution in [1.82, 2.24) is 5.32 Å². The van der Waals surface area contributed by atoms with Crippen LogP contribution in [0.25, 0.3) is 0 Å². The van der Waals surface area contributed by atoms with Crippen molar-refractivity contribution in [2.75, 3.05) is 12.3 Å². The second-order valence-corrected chi connectivity index (χ2v) is 5.62. The summed E-state index contributed by atoms with van der Waals surface area (Å²) in [5, 5.41) is 3.60. The molecule has 16 heavy (non-hydrogen) atoms. The molecule has 1 aromatic rings. The number of hydrogen-bond acceptors (Lipinski definition) is 2. The number of nitrogens with one attached hydrogen (secondary N) is 1. The summed E-state index contributed by atoms with van der Waals surface area (Å²) in [4.78, 5) is 0. The van der Waals surface area contributed by atoms with Crippen molar-refractivity contribution in [1.29, 1.82) is 0 Å². The van der Waals surface area contributed by atoms with Crippen molar-refractivity contribution in [3.63, 3.8) is 0 Å². The lowest BCUT2D eigenvalue weighted by atomic mass is 10.1. The molecule has 2 heteroatoms. The van der Waals surface area contributed by atoms with E-state index in [0.29, 0.717) is 0 Å². The fraction of sp³-hybridized carbons (Fsp3) is 0.571. The Hall–Kier alpha value is -0.470. The van der Waals surface area contributed by atoms with E-state index in [1.807, 2.05) is 0 Å². The molecule has 0 saturated carbocycles. The number of thioether (sulfide) groups is 1. The fourth-order valence-electron chi connectivity index (χ4n) is 2.15. The van der Waals surface area contributed by atoms with E-state index in [2.05, 4.69) is 48.3 Å². The molecule has 1 nitrogen and oxygen atoms in total. The monoisotopic (exact) mass is 235 g/mol. The van der Waals surface area contributed by atoms with Gasteiger partial charge in [-0.15, -0.1) is 0 Å². The summed E-state index contributed by atoms with van der Waals surface area (Å²) in [6.45, 7) is 3.42. The standard InChI is InChI=1S/C14H21NS/c1-12-6-2-3-7-13(12)10-16-11-14-8-4-5-9-15-14/h2-3,6-7,14-15H,4-5,8-11H2,1H3. The zero-order chi connectivity index (χ0) is 11.2. The van der Waals surface area contributed by atoms with Crippen LogP contribution in [0.15, 0.2) is 24.3 Å². The topological polar surface area (TPSA) is 12.0 Å². The van der Waals surface area contributed by atoms with Crippen molar-refractivity contribution >= 4 is 11.8 Å². The second kappa shape index (κ2) is 6.31. The Morgan fingerprint density at radius 2 is 2.19 bits per heavy atom. The third-order valence-corrected chi connectivity index (χ3v) is 4.40. The molecule has 0 radical (unpaired) electrons. The van der Waals surface area contributed by atoms with Crippen molar-refractivity contribution < 1.29 is 0 Å². The molecule has 1 aliphatic heterocycles. The van der Waals surface area contributed by atoms with Crippen molar-refractivity contribution in [3.8, 4) is 0 Å². The molecule has 0 spiro atoms. The predicted octanol–water partition coefficient (Wildman–Crippen LogP) is 3.37. The molecule has 0 aliphatic carbocycles. The zero-order valence-corrected chi connectivity index (χ0v) is 10.9. The smallest absolute Gasteiger partial charge is 0.0187 e. The summed E-state index contributed by atoms with van der Waals surface area (Å²) in [6, 6.07) is 9.46. The van der Waals surface area contributed by atoms with Crippen LogP contribution in [0, 0.1) is 6.92 Å². The molecule has 1 aromatic carbocycles. The largest absolute Gasteiger partial charge is 0.313 e. The fourth-order valence-corrected chi connectivity index (χ4v) is 3.38. The molecular formula is C14H21NS. The average molecular weight is 235 g/mol. The highest BCUT2D eigenvalue weighted by atomic mass is 32.2. The molecule has 1 saturated heterocycles. The Morgan fingerprint density at radius 3 is 2.94 bits per heavy atom. The van der Waals surface area contributed by atoms with Gasteiger partial charge in [-0.25, -0.2) is 0 Å². The maximum Gasteiger partial charge on any atom is 0.0187 e. The van der Waals surface area contributed by atoms with Gasteiger partial charge in [-0.3, -0.25) is 0 Å². The van der Waals surface area contributed by atoms with Gasteiger partial charge in [-0.2, -0.15) is 11.8 Å². The highest BCUT2D eigenvalue weighted by Crippen LogP contribution is 2.19. The van der Waals surface area contributed by atoms with E-state index in [1.54, 1.807) is 0 Å². The molecule has 1 aliphatic rings. The minimum Gasteiger partial charge on any atom is -0.313 e. The molecule has 1 atom stereocenters. The van der Waals surface area contributed by atoms with Crippen LogP contribution in [-0.2, 0) is 5.75 Å². The number of rotatable bonds is 4. The van der Waals surface area contributed by atoms with E-state index in [-0.39, 0.29) is 0 Å². The van der Waals surface area contributed by atoms with Gasteiger partial charge in [0.2, 0.25) is 0 Å². The van der Waals surface area contributed by atoms with E-state index in [0.717, 1.165) is 11.8 Å². The van der Waals surface area contributed by atoms with Crippen LogP contribution in [0.2, 0.25) is 0 Å². The summed E-state index contributed by atoms with van der Waals surface area (Å²) < 4.78 is 0. The minimum absolute atomic E-state index is 0.753. The summed E-state index contributed by atoms with van der Waals surface area (Å²) in [7, 11) is 0.